The van der Waals surface area contributed by atoms with Crippen molar-refractivity contribution in [3.63, 3.8) is 0 Å². The second-order valence-electron chi connectivity index (χ2n) is 5.59. The predicted octanol–water partition coefficient (Wildman–Crippen LogP) is 2.68. The number of nitrogens with zero attached hydrogens (tertiary/aromatic N) is 2. The van der Waals surface area contributed by atoms with Crippen LogP contribution in [0.4, 0.5) is 5.82 Å². The van der Waals surface area contributed by atoms with Crippen molar-refractivity contribution < 1.29 is 8.42 Å². The first-order valence-electron chi connectivity index (χ1n) is 7.04. The molecule has 0 radical (unpaired) electrons. The molecule has 0 aliphatic heterocycles. The van der Waals surface area contributed by atoms with Gasteiger partial charge in [0.25, 0.3) is 10.0 Å². The minimum Gasteiger partial charge on any atom is -0.368 e. The van der Waals surface area contributed by atoms with E-state index in [2.05, 4.69) is 15.0 Å². The van der Waals surface area contributed by atoms with Gasteiger partial charge in [-0.15, -0.1) is 11.3 Å². The fraction of sp³-hybridized carbons (Fsp3) is 0.615. The molecule has 0 saturated heterocycles. The smallest absolute Gasteiger partial charge is 0.260 e. The van der Waals surface area contributed by atoms with E-state index in [-0.39, 0.29) is 5.03 Å². The molecule has 0 amide bonds. The van der Waals surface area contributed by atoms with Crippen molar-refractivity contribution >= 4 is 32.1 Å². The third-order valence-corrected chi connectivity index (χ3v) is 5.79. The third-order valence-electron chi connectivity index (χ3n) is 3.31. The Morgan fingerprint density at radius 3 is 2.71 bits per heavy atom. The molecule has 21 heavy (non-hydrogen) atoms. The van der Waals surface area contributed by atoms with Gasteiger partial charge in [-0.3, -0.25) is 4.40 Å². The second kappa shape index (κ2) is 5.94. The van der Waals surface area contributed by atoms with Crippen LogP contribution in [0.15, 0.2) is 16.6 Å². The van der Waals surface area contributed by atoms with Gasteiger partial charge in [-0.2, -0.15) is 0 Å². The van der Waals surface area contributed by atoms with E-state index in [1.807, 2.05) is 33.1 Å². The van der Waals surface area contributed by atoms with E-state index in [0.29, 0.717) is 23.7 Å². The maximum Gasteiger partial charge on any atom is 0.260 e. The first kappa shape index (κ1) is 16.3. The zero-order valence-corrected chi connectivity index (χ0v) is 14.4. The maximum atomic E-state index is 12.8. The van der Waals surface area contributed by atoms with Crippen molar-refractivity contribution in [3.8, 4) is 0 Å². The van der Waals surface area contributed by atoms with Crippen molar-refractivity contribution in [1.82, 2.24) is 14.1 Å². The molecule has 118 valence electrons. The number of sulfonamides is 1. The second-order valence-corrected chi connectivity index (χ2v) is 8.06. The van der Waals surface area contributed by atoms with Gasteiger partial charge in [0.05, 0.1) is 0 Å². The Morgan fingerprint density at radius 1 is 1.38 bits per heavy atom. The monoisotopic (exact) mass is 330 g/mol. The van der Waals surface area contributed by atoms with Crippen molar-refractivity contribution in [2.24, 2.45) is 0 Å². The molecule has 2 aromatic heterocycles. The van der Waals surface area contributed by atoms with Crippen molar-refractivity contribution in [2.75, 3.05) is 11.9 Å². The molecule has 0 atom stereocenters. The largest absolute Gasteiger partial charge is 0.368 e. The molecule has 0 bridgehead atoms. The number of rotatable bonds is 7. The Kier molecular flexibility index (Phi) is 4.60. The summed E-state index contributed by atoms with van der Waals surface area (Å²) in [4.78, 5) is 5.05. The normalized spacial score (nSPS) is 13.0. The third kappa shape index (κ3) is 3.38. The van der Waals surface area contributed by atoms with Gasteiger partial charge >= 0.3 is 0 Å². The Bertz CT molecular complexity index is 716. The van der Waals surface area contributed by atoms with E-state index in [1.54, 1.807) is 10.6 Å². The Labute approximate surface area is 129 Å². The number of nitrogens with one attached hydrogen (secondary N) is 2. The van der Waals surface area contributed by atoms with Gasteiger partial charge in [-0.25, -0.2) is 18.1 Å². The molecule has 0 fully saturated rings. The number of anilines is 1. The van der Waals surface area contributed by atoms with E-state index < -0.39 is 15.6 Å². The lowest BCUT2D eigenvalue weighted by Gasteiger charge is -2.24. The fourth-order valence-corrected chi connectivity index (χ4v) is 4.38. The van der Waals surface area contributed by atoms with Crippen LogP contribution in [-0.2, 0) is 10.0 Å². The summed E-state index contributed by atoms with van der Waals surface area (Å²) in [5.41, 5.74) is -0.499. The molecule has 0 unspecified atom stereocenters. The molecule has 0 aliphatic carbocycles. The van der Waals surface area contributed by atoms with E-state index >= 15 is 0 Å². The highest BCUT2D eigenvalue weighted by molar-refractivity contribution is 7.89. The molecule has 0 aliphatic rings. The lowest BCUT2D eigenvalue weighted by Crippen LogP contribution is -2.43. The van der Waals surface area contributed by atoms with Crippen molar-refractivity contribution in [3.05, 3.63) is 11.6 Å². The highest BCUT2D eigenvalue weighted by Gasteiger charge is 2.30. The summed E-state index contributed by atoms with van der Waals surface area (Å²) in [5, 5.41) is 5.12. The number of thiazole rings is 1. The standard InChI is InChI=1S/C13H22N4O2S2/c1-5-7-14-10-11(17-8-9-20-12(17)15-10)21(18,19)16-13(3,4)6-2/h8-9,14,16H,5-7H2,1-4H3. The molecular formula is C13H22N4O2S2. The quantitative estimate of drug-likeness (QED) is 0.818. The first-order valence-corrected chi connectivity index (χ1v) is 9.40. The van der Waals surface area contributed by atoms with Gasteiger partial charge < -0.3 is 5.32 Å². The topological polar surface area (TPSA) is 75.5 Å². The average molecular weight is 330 g/mol. The lowest BCUT2D eigenvalue weighted by molar-refractivity contribution is 0.438. The van der Waals surface area contributed by atoms with Gasteiger partial charge in [0, 0.05) is 23.7 Å². The molecule has 2 heterocycles. The van der Waals surface area contributed by atoms with E-state index in [4.69, 9.17) is 0 Å². The zero-order valence-electron chi connectivity index (χ0n) is 12.8. The fourth-order valence-electron chi connectivity index (χ4n) is 1.86. The summed E-state index contributed by atoms with van der Waals surface area (Å²) >= 11 is 1.42. The van der Waals surface area contributed by atoms with Gasteiger partial charge in [-0.05, 0) is 26.7 Å². The predicted molar refractivity (Wildman–Crippen MR) is 86.5 cm³/mol. The molecule has 0 saturated carbocycles. The zero-order chi connectivity index (χ0) is 15.7. The molecule has 2 aromatic rings. The molecule has 0 spiro atoms. The van der Waals surface area contributed by atoms with Crippen LogP contribution in [0.2, 0.25) is 0 Å². The van der Waals surface area contributed by atoms with Gasteiger partial charge in [0.15, 0.2) is 15.8 Å². The summed E-state index contributed by atoms with van der Waals surface area (Å²) in [6.45, 7) is 8.41. The van der Waals surface area contributed by atoms with Crippen molar-refractivity contribution in [2.45, 2.75) is 51.1 Å². The lowest BCUT2D eigenvalue weighted by atomic mass is 10.0. The van der Waals surface area contributed by atoms with Crippen LogP contribution < -0.4 is 10.0 Å². The van der Waals surface area contributed by atoms with Gasteiger partial charge in [-0.1, -0.05) is 13.8 Å². The van der Waals surface area contributed by atoms with Crippen LogP contribution in [0, 0.1) is 0 Å². The van der Waals surface area contributed by atoms with Crippen LogP contribution in [0.25, 0.3) is 4.96 Å². The minimum atomic E-state index is -3.65. The number of hydrogen-bond acceptors (Lipinski definition) is 5. The van der Waals surface area contributed by atoms with Crippen LogP contribution in [0.1, 0.15) is 40.5 Å². The summed E-state index contributed by atoms with van der Waals surface area (Å²) < 4.78 is 29.9. The van der Waals surface area contributed by atoms with Crippen molar-refractivity contribution in [1.29, 1.82) is 0 Å². The molecule has 2 rings (SSSR count). The molecule has 2 N–H and O–H groups in total. The van der Waals surface area contributed by atoms with Gasteiger partial charge in [0.1, 0.15) is 0 Å². The van der Waals surface area contributed by atoms with E-state index in [1.165, 1.54) is 11.3 Å². The molecule has 6 nitrogen and oxygen atoms in total. The summed E-state index contributed by atoms with van der Waals surface area (Å²) in [5.74, 6) is 0.420. The van der Waals surface area contributed by atoms with Crippen LogP contribution >= 0.6 is 11.3 Å². The molecule has 8 heteroatoms. The maximum absolute atomic E-state index is 12.8. The SMILES string of the molecule is CCCNc1nc2sccn2c1S(=O)(=O)NC(C)(C)CC. The molecule has 0 aromatic carbocycles. The van der Waals surface area contributed by atoms with Gasteiger partial charge in [0.2, 0.25) is 0 Å². The summed E-state index contributed by atoms with van der Waals surface area (Å²) in [6, 6.07) is 0. The molecular weight excluding hydrogens is 308 g/mol. The van der Waals surface area contributed by atoms with Crippen LogP contribution in [0.3, 0.4) is 0 Å². The van der Waals surface area contributed by atoms with E-state index in [0.717, 1.165) is 6.42 Å². The summed E-state index contributed by atoms with van der Waals surface area (Å²) in [6.07, 6.45) is 3.34. The Morgan fingerprint density at radius 2 is 2.10 bits per heavy atom. The Balaban J connectivity index is 2.49. The minimum absolute atomic E-state index is 0.189. The number of imidazole rings is 1. The highest BCUT2D eigenvalue weighted by atomic mass is 32.2. The number of aromatic nitrogens is 2. The average Bonchev–Trinajstić information content (AvgIpc) is 2.94. The first-order chi connectivity index (χ1) is 9.80. The highest BCUT2D eigenvalue weighted by Crippen LogP contribution is 2.27. The Hall–Kier alpha value is -1.12. The number of fused-ring (bicyclic) bond motifs is 1. The summed E-state index contributed by atoms with van der Waals surface area (Å²) in [7, 11) is -3.65. The van der Waals surface area contributed by atoms with Crippen LogP contribution in [0.5, 0.6) is 0 Å². The van der Waals surface area contributed by atoms with E-state index in [9.17, 15) is 8.42 Å². The number of hydrogen-bond donors (Lipinski definition) is 2. The van der Waals surface area contributed by atoms with Crippen LogP contribution in [-0.4, -0.2) is 29.9 Å².